The molecule has 1 unspecified atom stereocenters. The van der Waals surface area contributed by atoms with Crippen LogP contribution in [0.2, 0.25) is 0 Å². The number of carbonyl (C=O) groups excluding carboxylic acids is 3. The van der Waals surface area contributed by atoms with E-state index in [1.807, 2.05) is 30.3 Å². The number of aliphatic hydroxyl groups excluding tert-OH is 1. The van der Waals surface area contributed by atoms with E-state index in [2.05, 4.69) is 26.3 Å². The van der Waals surface area contributed by atoms with Crippen LogP contribution in [0.3, 0.4) is 0 Å². The molecule has 1 aromatic carbocycles. The molecular weight excluding hydrogens is 544 g/mol. The zero-order valence-corrected chi connectivity index (χ0v) is 23.1. The second-order valence-electron chi connectivity index (χ2n) is 9.61. The molecule has 0 radical (unpaired) electrons. The van der Waals surface area contributed by atoms with Crippen molar-refractivity contribution in [2.75, 3.05) is 33.4 Å². The molecule has 3 aromatic heterocycles. The van der Waals surface area contributed by atoms with Crippen molar-refractivity contribution in [2.45, 2.75) is 18.8 Å². The molecule has 1 aliphatic rings. The van der Waals surface area contributed by atoms with E-state index in [0.29, 0.717) is 58.2 Å². The summed E-state index contributed by atoms with van der Waals surface area (Å²) >= 11 is 1.11. The van der Waals surface area contributed by atoms with Crippen LogP contribution < -0.4 is 10.1 Å². The highest BCUT2D eigenvalue weighted by Crippen LogP contribution is 2.37. The number of likely N-dealkylation sites (tertiary alicyclic amines) is 1. The first kappa shape index (κ1) is 27.9. The van der Waals surface area contributed by atoms with Gasteiger partial charge in [-0.3, -0.25) is 14.4 Å². The number of aromatic nitrogens is 3. The van der Waals surface area contributed by atoms with Crippen molar-refractivity contribution in [2.24, 2.45) is 5.92 Å². The molecule has 11 nitrogen and oxygen atoms in total. The number of H-pyrrole nitrogens is 1. The van der Waals surface area contributed by atoms with E-state index in [1.165, 1.54) is 25.7 Å². The molecule has 5 rings (SSSR count). The molecule has 4 aromatic rings. The van der Waals surface area contributed by atoms with Gasteiger partial charge in [0.2, 0.25) is 0 Å². The monoisotopic (exact) mass is 572 g/mol. The molecule has 0 aliphatic carbocycles. The number of aliphatic hydroxyl groups is 1. The van der Waals surface area contributed by atoms with Crippen LogP contribution in [0, 0.1) is 17.2 Å². The standard InChI is InChI=1S/C29H28N6O5S/c1-40-21-15-33-25(28-34-16-22(41-28)27(38)31-9-12-36)24-23(21)20(14-32-24)26(37)29(39)35-10-7-18(8-11-35)19(13-30)17-5-3-2-4-6-17/h2-6,14-16,18-19,32,36H,7-12H2,1H3,(H,31,38). The number of pyridine rings is 1. The molecule has 1 atom stereocenters. The van der Waals surface area contributed by atoms with E-state index in [1.54, 1.807) is 4.90 Å². The molecule has 2 amide bonds. The Balaban J connectivity index is 1.36. The predicted molar refractivity (Wildman–Crippen MR) is 152 cm³/mol. The summed E-state index contributed by atoms with van der Waals surface area (Å²) in [5, 5.41) is 22.2. The van der Waals surface area contributed by atoms with Crippen molar-refractivity contribution >= 4 is 39.8 Å². The number of thiazole rings is 1. The van der Waals surface area contributed by atoms with Crippen LogP contribution in [0.25, 0.3) is 21.6 Å². The molecule has 210 valence electrons. The minimum atomic E-state index is -0.673. The van der Waals surface area contributed by atoms with E-state index in [4.69, 9.17) is 9.84 Å². The largest absolute Gasteiger partial charge is 0.494 e. The molecular formula is C29H28N6O5S. The Hall–Kier alpha value is -4.60. The number of ketones is 1. The Morgan fingerprint density at radius 1 is 1.22 bits per heavy atom. The smallest absolute Gasteiger partial charge is 0.295 e. The van der Waals surface area contributed by atoms with Gasteiger partial charge >= 0.3 is 0 Å². The van der Waals surface area contributed by atoms with E-state index in [-0.39, 0.29) is 36.5 Å². The lowest BCUT2D eigenvalue weighted by molar-refractivity contribution is -0.127. The van der Waals surface area contributed by atoms with Gasteiger partial charge in [-0.05, 0) is 24.3 Å². The number of nitrogens with one attached hydrogen (secondary N) is 2. The van der Waals surface area contributed by atoms with Crippen molar-refractivity contribution in [3.63, 3.8) is 0 Å². The van der Waals surface area contributed by atoms with E-state index in [9.17, 15) is 19.6 Å². The van der Waals surface area contributed by atoms with Crippen LogP contribution in [-0.2, 0) is 4.79 Å². The summed E-state index contributed by atoms with van der Waals surface area (Å²) < 4.78 is 5.48. The van der Waals surface area contributed by atoms with Gasteiger partial charge in [-0.1, -0.05) is 30.3 Å². The van der Waals surface area contributed by atoms with Gasteiger partial charge in [0.25, 0.3) is 17.6 Å². The summed E-state index contributed by atoms with van der Waals surface area (Å²) in [7, 11) is 1.45. The number of fused-ring (bicyclic) bond motifs is 1. The number of carbonyl (C=O) groups is 3. The second kappa shape index (κ2) is 12.3. The third kappa shape index (κ3) is 5.54. The Kier molecular flexibility index (Phi) is 8.37. The average Bonchev–Trinajstić information content (AvgIpc) is 3.69. The highest BCUT2D eigenvalue weighted by atomic mass is 32.1. The van der Waals surface area contributed by atoms with Gasteiger partial charge in [-0.25, -0.2) is 9.97 Å². The van der Waals surface area contributed by atoms with Crippen molar-refractivity contribution in [1.82, 2.24) is 25.2 Å². The number of hydrogen-bond acceptors (Lipinski definition) is 9. The zero-order valence-electron chi connectivity index (χ0n) is 22.3. The first-order valence-corrected chi connectivity index (χ1v) is 14.0. The second-order valence-corrected chi connectivity index (χ2v) is 10.6. The molecule has 0 bridgehead atoms. The third-order valence-corrected chi connectivity index (χ3v) is 8.26. The van der Waals surface area contributed by atoms with Crippen LogP contribution >= 0.6 is 11.3 Å². The lowest BCUT2D eigenvalue weighted by Crippen LogP contribution is -2.43. The lowest BCUT2D eigenvalue weighted by Gasteiger charge is -2.33. The van der Waals surface area contributed by atoms with Crippen LogP contribution in [0.4, 0.5) is 0 Å². The number of hydrogen-bond donors (Lipinski definition) is 3. The van der Waals surface area contributed by atoms with E-state index < -0.39 is 11.7 Å². The maximum absolute atomic E-state index is 13.5. The SMILES string of the molecule is COc1cnc(-c2ncc(C(=O)NCCO)s2)c2[nH]cc(C(=O)C(=O)N3CCC(C(C#N)c4ccccc4)CC3)c12. The molecule has 0 saturated carbocycles. The summed E-state index contributed by atoms with van der Waals surface area (Å²) in [6.45, 7) is 0.707. The van der Waals surface area contributed by atoms with Crippen LogP contribution in [-0.4, -0.2) is 75.9 Å². The summed E-state index contributed by atoms with van der Waals surface area (Å²) in [5.41, 5.74) is 1.98. The fourth-order valence-electron chi connectivity index (χ4n) is 5.17. The van der Waals surface area contributed by atoms with E-state index in [0.717, 1.165) is 16.9 Å². The molecule has 0 spiro atoms. The van der Waals surface area contributed by atoms with Crippen LogP contribution in [0.5, 0.6) is 5.75 Å². The van der Waals surface area contributed by atoms with Crippen molar-refractivity contribution in [3.8, 4) is 22.5 Å². The quantitative estimate of drug-likeness (QED) is 0.204. The maximum Gasteiger partial charge on any atom is 0.295 e. The number of methoxy groups -OCH3 is 1. The number of nitriles is 1. The number of aromatic amines is 1. The number of ether oxygens (including phenoxy) is 1. The first-order chi connectivity index (χ1) is 20.0. The molecule has 1 fully saturated rings. The number of amides is 2. The van der Waals surface area contributed by atoms with Gasteiger partial charge < -0.3 is 25.0 Å². The summed E-state index contributed by atoms with van der Waals surface area (Å²) in [6.07, 6.45) is 5.58. The molecule has 1 aliphatic heterocycles. The van der Waals surface area contributed by atoms with Crippen molar-refractivity contribution in [3.05, 3.63) is 64.9 Å². The molecule has 1 saturated heterocycles. The fourth-order valence-corrected chi connectivity index (χ4v) is 6.00. The number of Topliss-reactive ketones (excluding diaryl/α,β-unsaturated/α-hetero) is 1. The first-order valence-electron chi connectivity index (χ1n) is 13.1. The molecule has 12 heteroatoms. The summed E-state index contributed by atoms with van der Waals surface area (Å²) in [5.74, 6) is -1.51. The average molecular weight is 573 g/mol. The van der Waals surface area contributed by atoms with Crippen LogP contribution in [0.1, 0.15) is 44.4 Å². The van der Waals surface area contributed by atoms with Gasteiger partial charge in [-0.2, -0.15) is 5.26 Å². The van der Waals surface area contributed by atoms with Crippen molar-refractivity contribution in [1.29, 1.82) is 5.26 Å². The number of nitrogens with zero attached hydrogens (tertiary/aromatic N) is 4. The molecule has 4 heterocycles. The van der Waals surface area contributed by atoms with Crippen molar-refractivity contribution < 1.29 is 24.2 Å². The zero-order chi connectivity index (χ0) is 28.9. The minimum absolute atomic E-state index is 0.0947. The van der Waals surface area contributed by atoms with E-state index >= 15 is 0 Å². The van der Waals surface area contributed by atoms with Gasteiger partial charge in [0.1, 0.15) is 21.3 Å². The van der Waals surface area contributed by atoms with Crippen LogP contribution in [0.15, 0.2) is 48.9 Å². The topological polar surface area (TPSA) is 161 Å². The maximum atomic E-state index is 13.5. The highest BCUT2D eigenvalue weighted by Gasteiger charge is 2.33. The van der Waals surface area contributed by atoms with Gasteiger partial charge in [-0.15, -0.1) is 11.3 Å². The number of rotatable bonds is 9. The fraction of sp³-hybridized carbons (Fsp3) is 0.310. The minimum Gasteiger partial charge on any atom is -0.494 e. The molecule has 41 heavy (non-hydrogen) atoms. The van der Waals surface area contributed by atoms with Gasteiger partial charge in [0.05, 0.1) is 54.6 Å². The lowest BCUT2D eigenvalue weighted by atomic mass is 9.81. The Morgan fingerprint density at radius 3 is 2.66 bits per heavy atom. The Labute approximate surface area is 239 Å². The number of piperidine rings is 1. The normalized spacial score (nSPS) is 14.4. The highest BCUT2D eigenvalue weighted by molar-refractivity contribution is 7.17. The predicted octanol–water partition coefficient (Wildman–Crippen LogP) is 3.15. The summed E-state index contributed by atoms with van der Waals surface area (Å²) in [4.78, 5) is 52.8. The third-order valence-electron chi connectivity index (χ3n) is 7.26. The van der Waals surface area contributed by atoms with Gasteiger partial charge in [0.15, 0.2) is 0 Å². The molecule has 3 N–H and O–H groups in total. The number of benzene rings is 1. The summed E-state index contributed by atoms with van der Waals surface area (Å²) in [6, 6.07) is 12.0. The Bertz CT molecular complexity index is 1620. The Morgan fingerprint density at radius 2 is 1.98 bits per heavy atom. The van der Waals surface area contributed by atoms with Gasteiger partial charge in [0, 0.05) is 25.8 Å².